The number of carbonyl (C=O) groups excluding carboxylic acids is 1. The Bertz CT molecular complexity index is 1030. The number of hydrogen-bond donors (Lipinski definition) is 1. The van der Waals surface area contributed by atoms with Crippen LogP contribution in [0.3, 0.4) is 0 Å². The third kappa shape index (κ3) is 3.19. The molecule has 1 aliphatic rings. The highest BCUT2D eigenvalue weighted by atomic mass is 35.5. The summed E-state index contributed by atoms with van der Waals surface area (Å²) in [5.74, 6) is -0.313. The Labute approximate surface area is 167 Å². The van der Waals surface area contributed by atoms with Crippen LogP contribution in [0.1, 0.15) is 22.0 Å². The van der Waals surface area contributed by atoms with Crippen LogP contribution in [0.4, 0.5) is 18.9 Å². The zero-order valence-electron chi connectivity index (χ0n) is 14.2. The minimum atomic E-state index is -4.47. The molecular formula is C20H13ClF3NO2S. The molecule has 1 N–H and O–H groups in total. The van der Waals surface area contributed by atoms with Crippen molar-refractivity contribution in [3.63, 3.8) is 0 Å². The maximum Gasteiger partial charge on any atom is 0.416 e. The zero-order valence-corrected chi connectivity index (χ0v) is 15.8. The summed E-state index contributed by atoms with van der Waals surface area (Å²) in [7, 11) is 0. The summed E-state index contributed by atoms with van der Waals surface area (Å²) in [5.41, 5.74) is 1.28. The van der Waals surface area contributed by atoms with Gasteiger partial charge in [-0.2, -0.15) is 13.2 Å². The fraction of sp³-hybridized carbons (Fsp3) is 0.150. The van der Waals surface area contributed by atoms with E-state index in [-0.39, 0.29) is 17.8 Å². The van der Waals surface area contributed by atoms with Gasteiger partial charge in [-0.05, 0) is 23.3 Å². The number of nitrogens with zero attached hydrogens (tertiary/aromatic N) is 1. The van der Waals surface area contributed by atoms with Crippen LogP contribution in [0.15, 0.2) is 54.6 Å². The molecule has 0 saturated carbocycles. The highest BCUT2D eigenvalue weighted by Gasteiger charge is 2.38. The molecule has 28 heavy (non-hydrogen) atoms. The summed E-state index contributed by atoms with van der Waals surface area (Å²) in [5, 5.41) is 11.7. The van der Waals surface area contributed by atoms with E-state index in [1.165, 1.54) is 23.5 Å². The number of halogens is 4. The Morgan fingerprint density at radius 1 is 1.07 bits per heavy atom. The number of anilines is 1. The Hall–Kier alpha value is -2.35. The second-order valence-electron chi connectivity index (χ2n) is 6.40. The second-order valence-corrected chi connectivity index (χ2v) is 8.11. The SMILES string of the molecule is O=C1Cc2sc(Cl)c(-c3ccccc3)c2N(O)C1c1ccc(C(F)(F)F)cc1. The molecule has 8 heteroatoms. The number of benzene rings is 2. The minimum absolute atomic E-state index is 0.0509. The van der Waals surface area contributed by atoms with Crippen LogP contribution < -0.4 is 5.06 Å². The van der Waals surface area contributed by atoms with E-state index >= 15 is 0 Å². The molecule has 1 atom stereocenters. The predicted molar refractivity (Wildman–Crippen MR) is 102 cm³/mol. The lowest BCUT2D eigenvalue weighted by Gasteiger charge is -2.32. The summed E-state index contributed by atoms with van der Waals surface area (Å²) in [6.45, 7) is 0. The number of Topliss-reactive ketones (excluding diaryl/α,β-unsaturated/α-hetero) is 1. The molecule has 2 aromatic carbocycles. The van der Waals surface area contributed by atoms with Gasteiger partial charge in [0.2, 0.25) is 0 Å². The molecule has 0 bridgehead atoms. The van der Waals surface area contributed by atoms with Crippen LogP contribution in [0.2, 0.25) is 4.34 Å². The molecule has 0 amide bonds. The second kappa shape index (κ2) is 6.92. The summed E-state index contributed by atoms with van der Waals surface area (Å²) in [4.78, 5) is 13.3. The van der Waals surface area contributed by atoms with E-state index in [2.05, 4.69) is 0 Å². The monoisotopic (exact) mass is 423 g/mol. The van der Waals surface area contributed by atoms with Crippen molar-refractivity contribution in [3.8, 4) is 11.1 Å². The van der Waals surface area contributed by atoms with E-state index in [0.29, 0.717) is 20.5 Å². The molecule has 0 radical (unpaired) electrons. The quantitative estimate of drug-likeness (QED) is 0.537. The van der Waals surface area contributed by atoms with Crippen molar-refractivity contribution < 1.29 is 23.2 Å². The van der Waals surface area contributed by atoms with Gasteiger partial charge in [0.05, 0.1) is 11.3 Å². The van der Waals surface area contributed by atoms with Gasteiger partial charge in [0.15, 0.2) is 5.78 Å². The van der Waals surface area contributed by atoms with Crippen LogP contribution in [-0.4, -0.2) is 11.0 Å². The van der Waals surface area contributed by atoms with E-state index in [4.69, 9.17) is 11.6 Å². The molecule has 1 unspecified atom stereocenters. The first kappa shape index (κ1) is 19.0. The third-order valence-electron chi connectivity index (χ3n) is 4.64. The van der Waals surface area contributed by atoms with Crippen molar-refractivity contribution >= 4 is 34.4 Å². The van der Waals surface area contributed by atoms with Crippen molar-refractivity contribution in [1.82, 2.24) is 0 Å². The van der Waals surface area contributed by atoms with E-state index in [1.54, 1.807) is 0 Å². The predicted octanol–water partition coefficient (Wildman–Crippen LogP) is 6.15. The van der Waals surface area contributed by atoms with Gasteiger partial charge in [0.1, 0.15) is 10.4 Å². The standard InChI is InChI=1S/C20H13ClF3NO2S/c21-19-16(11-4-2-1-3-5-11)18-15(28-19)10-14(26)17(25(18)27)12-6-8-13(9-7-12)20(22,23)24/h1-9,17,27H,10H2. The van der Waals surface area contributed by atoms with Gasteiger partial charge in [-0.25, -0.2) is 5.06 Å². The number of rotatable bonds is 2. The topological polar surface area (TPSA) is 40.5 Å². The lowest BCUT2D eigenvalue weighted by molar-refractivity contribution is -0.137. The van der Waals surface area contributed by atoms with Crippen LogP contribution in [0.25, 0.3) is 11.1 Å². The van der Waals surface area contributed by atoms with Gasteiger partial charge in [0.25, 0.3) is 0 Å². The van der Waals surface area contributed by atoms with Crippen molar-refractivity contribution in [2.75, 3.05) is 5.06 Å². The summed E-state index contributed by atoms with van der Waals surface area (Å²) < 4.78 is 38.9. The number of thiophene rings is 1. The molecule has 0 aliphatic carbocycles. The Kier molecular flexibility index (Phi) is 4.69. The third-order valence-corrected chi connectivity index (χ3v) is 6.03. The van der Waals surface area contributed by atoms with Gasteiger partial charge in [-0.3, -0.25) is 10.0 Å². The molecule has 1 aromatic heterocycles. The van der Waals surface area contributed by atoms with E-state index in [9.17, 15) is 23.2 Å². The fourth-order valence-corrected chi connectivity index (χ4v) is 4.88. The van der Waals surface area contributed by atoms with Crippen molar-refractivity contribution in [2.45, 2.75) is 18.6 Å². The lowest BCUT2D eigenvalue weighted by atomic mass is 9.93. The molecule has 0 fully saturated rings. The summed E-state index contributed by atoms with van der Waals surface area (Å²) >= 11 is 7.61. The zero-order chi connectivity index (χ0) is 20.1. The largest absolute Gasteiger partial charge is 0.416 e. The lowest BCUT2D eigenvalue weighted by Crippen LogP contribution is -2.36. The van der Waals surface area contributed by atoms with Gasteiger partial charge >= 0.3 is 6.18 Å². The molecule has 4 rings (SSSR count). The van der Waals surface area contributed by atoms with E-state index < -0.39 is 17.8 Å². The van der Waals surface area contributed by atoms with Crippen LogP contribution >= 0.6 is 22.9 Å². The molecular weight excluding hydrogens is 411 g/mol. The first-order chi connectivity index (χ1) is 13.3. The van der Waals surface area contributed by atoms with Gasteiger partial charge in [0, 0.05) is 16.9 Å². The minimum Gasteiger partial charge on any atom is -0.296 e. The molecule has 0 saturated heterocycles. The normalized spacial score (nSPS) is 17.0. The Morgan fingerprint density at radius 3 is 2.32 bits per heavy atom. The van der Waals surface area contributed by atoms with E-state index in [1.807, 2.05) is 30.3 Å². The molecule has 0 spiro atoms. The Balaban J connectivity index is 1.78. The van der Waals surface area contributed by atoms with Crippen LogP contribution in [-0.2, 0) is 17.4 Å². The molecule has 3 aromatic rings. The maximum absolute atomic E-state index is 12.8. The molecule has 144 valence electrons. The number of hydrogen-bond acceptors (Lipinski definition) is 4. The smallest absolute Gasteiger partial charge is 0.296 e. The van der Waals surface area contributed by atoms with E-state index in [0.717, 1.165) is 22.8 Å². The highest BCUT2D eigenvalue weighted by molar-refractivity contribution is 7.17. The van der Waals surface area contributed by atoms with Gasteiger partial charge < -0.3 is 0 Å². The first-order valence-corrected chi connectivity index (χ1v) is 9.51. The highest BCUT2D eigenvalue weighted by Crippen LogP contribution is 2.50. The number of hydroxylamine groups is 1. The number of fused-ring (bicyclic) bond motifs is 1. The van der Waals surface area contributed by atoms with Gasteiger partial charge in [-0.1, -0.05) is 54.1 Å². The Morgan fingerprint density at radius 2 is 1.71 bits per heavy atom. The fourth-order valence-electron chi connectivity index (χ4n) is 3.36. The molecule has 1 aliphatic heterocycles. The number of alkyl halides is 3. The van der Waals surface area contributed by atoms with Crippen molar-refractivity contribution in [2.24, 2.45) is 0 Å². The number of ketones is 1. The average Bonchev–Trinajstić information content (AvgIpc) is 2.98. The summed E-state index contributed by atoms with van der Waals surface area (Å²) in [6, 6.07) is 12.3. The summed E-state index contributed by atoms with van der Waals surface area (Å²) in [6.07, 6.45) is -4.42. The average molecular weight is 424 g/mol. The van der Waals surface area contributed by atoms with Crippen LogP contribution in [0.5, 0.6) is 0 Å². The van der Waals surface area contributed by atoms with Crippen molar-refractivity contribution in [3.05, 3.63) is 74.9 Å². The maximum atomic E-state index is 12.8. The first-order valence-electron chi connectivity index (χ1n) is 8.32. The van der Waals surface area contributed by atoms with Gasteiger partial charge in [-0.15, -0.1) is 11.3 Å². The number of carbonyl (C=O) groups is 1. The molecule has 3 nitrogen and oxygen atoms in total. The molecule has 2 heterocycles. The van der Waals surface area contributed by atoms with Crippen LogP contribution in [0, 0.1) is 0 Å². The van der Waals surface area contributed by atoms with Crippen molar-refractivity contribution in [1.29, 1.82) is 0 Å².